The van der Waals surface area contributed by atoms with Gasteiger partial charge in [0.05, 0.1) is 12.5 Å². The summed E-state index contributed by atoms with van der Waals surface area (Å²) in [5.74, 6) is 0. The summed E-state index contributed by atoms with van der Waals surface area (Å²) in [6, 6.07) is 2.50. The third kappa shape index (κ3) is 3.65. The van der Waals surface area contributed by atoms with Gasteiger partial charge in [-0.3, -0.25) is 0 Å². The zero-order valence-corrected chi connectivity index (χ0v) is 9.18. The maximum absolute atomic E-state index is 8.51. The molecule has 14 heavy (non-hydrogen) atoms. The number of nitrogens with one attached hydrogen (secondary N) is 1. The maximum Gasteiger partial charge on any atom is 0.0638 e. The van der Waals surface area contributed by atoms with Gasteiger partial charge >= 0.3 is 0 Å². The van der Waals surface area contributed by atoms with Crippen molar-refractivity contribution in [3.05, 3.63) is 0 Å². The average molecular weight is 196 g/mol. The van der Waals surface area contributed by atoms with Crippen molar-refractivity contribution in [3.8, 4) is 6.07 Å². The quantitative estimate of drug-likeness (QED) is 0.674. The smallest absolute Gasteiger partial charge is 0.0638 e. The third-order valence-electron chi connectivity index (χ3n) is 3.02. The molecule has 1 unspecified atom stereocenters. The molecule has 0 spiro atoms. The summed E-state index contributed by atoms with van der Waals surface area (Å²) in [5.41, 5.74) is 0.486. The van der Waals surface area contributed by atoms with E-state index in [2.05, 4.69) is 18.3 Å². The van der Waals surface area contributed by atoms with E-state index in [1.807, 2.05) is 0 Å². The predicted molar refractivity (Wildman–Crippen MR) is 55.9 cm³/mol. The normalized spacial score (nSPS) is 20.1. The Balaban J connectivity index is 2.14. The number of nitrogens with zero attached hydrogens (tertiary/aromatic N) is 1. The van der Waals surface area contributed by atoms with Crippen LogP contribution in [0.3, 0.4) is 0 Å². The molecule has 0 radical (unpaired) electrons. The lowest BCUT2D eigenvalue weighted by molar-refractivity contribution is 0.170. The molecule has 3 nitrogen and oxygen atoms in total. The van der Waals surface area contributed by atoms with E-state index >= 15 is 0 Å². The summed E-state index contributed by atoms with van der Waals surface area (Å²) >= 11 is 0. The van der Waals surface area contributed by atoms with Crippen LogP contribution in [-0.2, 0) is 4.74 Å². The number of rotatable bonds is 7. The molecule has 0 aromatic carbocycles. The maximum atomic E-state index is 8.51. The summed E-state index contributed by atoms with van der Waals surface area (Å²) in [6.07, 6.45) is 4.36. The molecule has 0 aliphatic heterocycles. The first kappa shape index (κ1) is 11.5. The van der Waals surface area contributed by atoms with E-state index in [-0.39, 0.29) is 0 Å². The monoisotopic (exact) mass is 196 g/mol. The van der Waals surface area contributed by atoms with Gasteiger partial charge in [-0.1, -0.05) is 0 Å². The van der Waals surface area contributed by atoms with Crippen molar-refractivity contribution in [2.24, 2.45) is 5.41 Å². The second-order valence-electron chi connectivity index (χ2n) is 4.39. The van der Waals surface area contributed by atoms with Gasteiger partial charge in [0, 0.05) is 26.3 Å². The van der Waals surface area contributed by atoms with E-state index in [1.54, 1.807) is 7.11 Å². The van der Waals surface area contributed by atoms with Crippen LogP contribution in [0, 0.1) is 16.7 Å². The molecular formula is C11H20N2O. The fourth-order valence-electron chi connectivity index (χ4n) is 1.61. The van der Waals surface area contributed by atoms with Crippen LogP contribution in [-0.4, -0.2) is 26.3 Å². The van der Waals surface area contributed by atoms with Crippen LogP contribution in [0.1, 0.15) is 32.6 Å². The number of methoxy groups -OCH3 is 1. The van der Waals surface area contributed by atoms with Crippen LogP contribution in [0.4, 0.5) is 0 Å². The first-order chi connectivity index (χ1) is 6.72. The Morgan fingerprint density at radius 1 is 1.57 bits per heavy atom. The lowest BCUT2D eigenvalue weighted by atomic mass is 10.0. The predicted octanol–water partition coefficient (Wildman–Crippen LogP) is 1.69. The van der Waals surface area contributed by atoms with Gasteiger partial charge in [-0.15, -0.1) is 0 Å². The van der Waals surface area contributed by atoms with Crippen molar-refractivity contribution in [3.63, 3.8) is 0 Å². The molecule has 0 bridgehead atoms. The molecule has 0 saturated heterocycles. The molecule has 0 aromatic heterocycles. The van der Waals surface area contributed by atoms with E-state index < -0.39 is 0 Å². The van der Waals surface area contributed by atoms with Gasteiger partial charge in [-0.25, -0.2) is 0 Å². The van der Waals surface area contributed by atoms with Crippen LogP contribution in [0.25, 0.3) is 0 Å². The molecule has 1 atom stereocenters. The Hall–Kier alpha value is -0.590. The van der Waals surface area contributed by atoms with Gasteiger partial charge < -0.3 is 10.1 Å². The van der Waals surface area contributed by atoms with Crippen LogP contribution in [0.2, 0.25) is 0 Å². The molecule has 1 aliphatic rings. The van der Waals surface area contributed by atoms with Crippen molar-refractivity contribution < 1.29 is 4.74 Å². The summed E-state index contributed by atoms with van der Waals surface area (Å²) in [5, 5.41) is 11.9. The Labute approximate surface area is 86.4 Å². The van der Waals surface area contributed by atoms with Crippen LogP contribution < -0.4 is 5.32 Å². The summed E-state index contributed by atoms with van der Waals surface area (Å²) in [4.78, 5) is 0. The molecule has 3 heteroatoms. The topological polar surface area (TPSA) is 45.0 Å². The molecule has 0 aromatic rings. The minimum absolute atomic E-state index is 0.319. The standard InChI is InChI=1S/C11H20N2O/c1-10(3-7-12)13-9-11(4-5-11)6-8-14-2/h10,13H,3-6,8-9H2,1-2H3. The third-order valence-corrected chi connectivity index (χ3v) is 3.02. The SMILES string of the molecule is COCCC1(CNC(C)CC#N)CC1. The molecular weight excluding hydrogens is 176 g/mol. The van der Waals surface area contributed by atoms with Gasteiger partial charge in [0.1, 0.15) is 0 Å². The first-order valence-corrected chi connectivity index (χ1v) is 5.32. The molecule has 1 saturated carbocycles. The minimum atomic E-state index is 0.319. The van der Waals surface area contributed by atoms with E-state index in [4.69, 9.17) is 10.00 Å². The van der Waals surface area contributed by atoms with Crippen molar-refractivity contribution >= 4 is 0 Å². The van der Waals surface area contributed by atoms with Crippen molar-refractivity contribution in [2.75, 3.05) is 20.3 Å². The number of hydrogen-bond donors (Lipinski definition) is 1. The summed E-state index contributed by atoms with van der Waals surface area (Å²) in [7, 11) is 1.75. The Morgan fingerprint density at radius 3 is 2.79 bits per heavy atom. The van der Waals surface area contributed by atoms with Crippen molar-refractivity contribution in [1.82, 2.24) is 5.32 Å². The number of nitriles is 1. The average Bonchev–Trinajstić information content (AvgIpc) is 2.93. The molecule has 1 aliphatic carbocycles. The fourth-order valence-corrected chi connectivity index (χ4v) is 1.61. The lowest BCUT2D eigenvalue weighted by Gasteiger charge is -2.18. The second-order valence-corrected chi connectivity index (χ2v) is 4.39. The molecule has 0 heterocycles. The zero-order valence-electron chi connectivity index (χ0n) is 9.18. The van der Waals surface area contributed by atoms with Crippen molar-refractivity contribution in [2.45, 2.75) is 38.6 Å². The number of ether oxygens (including phenoxy) is 1. The van der Waals surface area contributed by atoms with Gasteiger partial charge in [-0.2, -0.15) is 5.26 Å². The van der Waals surface area contributed by atoms with E-state index in [0.717, 1.165) is 19.6 Å². The summed E-state index contributed by atoms with van der Waals surface area (Å²) in [6.45, 7) is 3.96. The van der Waals surface area contributed by atoms with Gasteiger partial charge in [0.2, 0.25) is 0 Å². The molecule has 1 rings (SSSR count). The molecule has 0 amide bonds. The Kier molecular flexibility index (Phi) is 4.37. The van der Waals surface area contributed by atoms with E-state index in [1.165, 1.54) is 12.8 Å². The number of hydrogen-bond acceptors (Lipinski definition) is 3. The largest absolute Gasteiger partial charge is 0.385 e. The van der Waals surface area contributed by atoms with Gasteiger partial charge in [-0.05, 0) is 31.6 Å². The van der Waals surface area contributed by atoms with Crippen LogP contribution in [0.15, 0.2) is 0 Å². The highest BCUT2D eigenvalue weighted by Gasteiger charge is 2.41. The van der Waals surface area contributed by atoms with E-state index in [9.17, 15) is 0 Å². The highest BCUT2D eigenvalue weighted by Crippen LogP contribution is 2.48. The highest BCUT2D eigenvalue weighted by molar-refractivity contribution is 4.95. The van der Waals surface area contributed by atoms with Gasteiger partial charge in [0.15, 0.2) is 0 Å². The lowest BCUT2D eigenvalue weighted by Crippen LogP contribution is -2.32. The molecule has 1 N–H and O–H groups in total. The highest BCUT2D eigenvalue weighted by atomic mass is 16.5. The second kappa shape index (κ2) is 5.33. The van der Waals surface area contributed by atoms with Crippen LogP contribution in [0.5, 0.6) is 0 Å². The van der Waals surface area contributed by atoms with Gasteiger partial charge in [0.25, 0.3) is 0 Å². The first-order valence-electron chi connectivity index (χ1n) is 5.32. The van der Waals surface area contributed by atoms with Crippen LogP contribution >= 0.6 is 0 Å². The minimum Gasteiger partial charge on any atom is -0.385 e. The Morgan fingerprint density at radius 2 is 2.29 bits per heavy atom. The summed E-state index contributed by atoms with van der Waals surface area (Å²) < 4.78 is 5.09. The molecule has 1 fully saturated rings. The van der Waals surface area contributed by atoms with E-state index in [0.29, 0.717) is 17.9 Å². The zero-order chi connectivity index (χ0) is 10.4. The fraction of sp³-hybridized carbons (Fsp3) is 0.909. The van der Waals surface area contributed by atoms with Crippen molar-refractivity contribution in [1.29, 1.82) is 5.26 Å². The molecule has 80 valence electrons. The Bertz CT molecular complexity index is 206.